The zero-order chi connectivity index (χ0) is 13.6. The van der Waals surface area contributed by atoms with Crippen LogP contribution < -0.4 is 5.73 Å². The molecule has 100 valence electrons. The van der Waals surface area contributed by atoms with Crippen molar-refractivity contribution in [1.82, 2.24) is 0 Å². The molecule has 2 unspecified atom stereocenters. The smallest absolute Gasteiger partial charge is 0.321 e. The van der Waals surface area contributed by atoms with Crippen molar-refractivity contribution >= 4 is 0 Å². The number of nitrogens with two attached hydrogens (primary N) is 1. The van der Waals surface area contributed by atoms with Crippen LogP contribution in [0.4, 0.5) is 17.6 Å². The highest BCUT2D eigenvalue weighted by Crippen LogP contribution is 2.54. The Hall–Kier alpha value is -1.10. The summed E-state index contributed by atoms with van der Waals surface area (Å²) >= 11 is 0. The summed E-state index contributed by atoms with van der Waals surface area (Å²) in [5.74, 6) is -0.657. The lowest BCUT2D eigenvalue weighted by Crippen LogP contribution is -2.26. The van der Waals surface area contributed by atoms with Gasteiger partial charge < -0.3 is 5.73 Å². The molecule has 0 radical (unpaired) electrons. The number of halogens is 4. The molecule has 2 N–H and O–H groups in total. The first-order chi connectivity index (χ1) is 8.29. The summed E-state index contributed by atoms with van der Waals surface area (Å²) in [5.41, 5.74) is 4.07. The first kappa shape index (κ1) is 13.3. The fourth-order valence-corrected chi connectivity index (χ4v) is 2.54. The number of hydrogen-bond acceptors (Lipinski definition) is 1. The van der Waals surface area contributed by atoms with Crippen LogP contribution in [0.3, 0.4) is 0 Å². The molecule has 0 spiro atoms. The van der Waals surface area contributed by atoms with Crippen LogP contribution >= 0.6 is 0 Å². The first-order valence-electron chi connectivity index (χ1n) is 5.95. The van der Waals surface area contributed by atoms with Gasteiger partial charge in [-0.25, -0.2) is 4.39 Å². The summed E-state index contributed by atoms with van der Waals surface area (Å²) in [5, 5.41) is 0. The Kier molecular flexibility index (Phi) is 3.13. The molecule has 1 aromatic rings. The highest BCUT2D eigenvalue weighted by molar-refractivity contribution is 5.41. The Balaban J connectivity index is 2.42. The molecule has 0 aliphatic heterocycles. The molecule has 1 aliphatic rings. The van der Waals surface area contributed by atoms with Gasteiger partial charge in [-0.1, -0.05) is 13.3 Å². The van der Waals surface area contributed by atoms with E-state index in [-0.39, 0.29) is 11.5 Å². The van der Waals surface area contributed by atoms with Crippen LogP contribution in [-0.4, -0.2) is 0 Å². The van der Waals surface area contributed by atoms with E-state index in [0.29, 0.717) is 6.42 Å². The Labute approximate surface area is 103 Å². The molecule has 18 heavy (non-hydrogen) atoms. The van der Waals surface area contributed by atoms with Crippen LogP contribution in [0.25, 0.3) is 0 Å². The molecule has 1 nitrogen and oxygen atoms in total. The molecule has 0 saturated heterocycles. The van der Waals surface area contributed by atoms with E-state index in [1.54, 1.807) is 0 Å². The molecule has 0 amide bonds. The lowest BCUT2D eigenvalue weighted by atomic mass is 9.95. The largest absolute Gasteiger partial charge is 0.416 e. The van der Waals surface area contributed by atoms with E-state index in [0.717, 1.165) is 31.0 Å². The van der Waals surface area contributed by atoms with Gasteiger partial charge in [-0.15, -0.1) is 0 Å². The molecule has 1 saturated carbocycles. The van der Waals surface area contributed by atoms with Crippen LogP contribution in [0.15, 0.2) is 18.2 Å². The van der Waals surface area contributed by atoms with Gasteiger partial charge in [0.2, 0.25) is 0 Å². The predicted octanol–water partition coefficient (Wildman–Crippen LogP) is 3.82. The van der Waals surface area contributed by atoms with Gasteiger partial charge in [-0.3, -0.25) is 0 Å². The minimum absolute atomic E-state index is 0.0189. The monoisotopic (exact) mass is 261 g/mol. The highest BCUT2D eigenvalue weighted by atomic mass is 19.4. The standard InChI is InChI=1S/C13H15F4N/c1-2-3-8-7-12(8,18)11-6-9(14)4-5-10(11)13(15,16)17/h4-6,8H,2-3,7,18H2,1H3. The lowest BCUT2D eigenvalue weighted by Gasteiger charge is -2.19. The van der Waals surface area contributed by atoms with Gasteiger partial charge in [-0.05, 0) is 42.5 Å². The highest BCUT2D eigenvalue weighted by Gasteiger charge is 2.54. The van der Waals surface area contributed by atoms with Crippen LogP contribution in [0.5, 0.6) is 0 Å². The summed E-state index contributed by atoms with van der Waals surface area (Å²) in [6, 6.07) is 2.53. The van der Waals surface area contributed by atoms with Crippen molar-refractivity contribution in [3.63, 3.8) is 0 Å². The van der Waals surface area contributed by atoms with Crippen LogP contribution in [0.1, 0.15) is 37.3 Å². The summed E-state index contributed by atoms with van der Waals surface area (Å²) in [4.78, 5) is 0. The molecule has 0 heterocycles. The second-order valence-corrected chi connectivity index (χ2v) is 4.92. The van der Waals surface area contributed by atoms with Crippen LogP contribution in [0.2, 0.25) is 0 Å². The van der Waals surface area contributed by atoms with Gasteiger partial charge >= 0.3 is 6.18 Å². The molecule has 2 rings (SSSR count). The Morgan fingerprint density at radius 1 is 1.39 bits per heavy atom. The summed E-state index contributed by atoms with van der Waals surface area (Å²) in [6.07, 6.45) is -2.37. The second-order valence-electron chi connectivity index (χ2n) is 4.92. The summed E-state index contributed by atoms with van der Waals surface area (Å²) < 4.78 is 51.8. The first-order valence-corrected chi connectivity index (χ1v) is 5.95. The van der Waals surface area contributed by atoms with E-state index >= 15 is 0 Å². The fourth-order valence-electron chi connectivity index (χ4n) is 2.54. The van der Waals surface area contributed by atoms with Gasteiger partial charge in [-0.2, -0.15) is 13.2 Å². The summed E-state index contributed by atoms with van der Waals surface area (Å²) in [6.45, 7) is 1.95. The average Bonchev–Trinajstić information content (AvgIpc) is 2.89. The van der Waals surface area contributed by atoms with Crippen molar-refractivity contribution < 1.29 is 17.6 Å². The number of rotatable bonds is 3. The van der Waals surface area contributed by atoms with Gasteiger partial charge in [0.05, 0.1) is 5.56 Å². The normalized spacial score (nSPS) is 27.3. The van der Waals surface area contributed by atoms with E-state index in [1.807, 2.05) is 6.92 Å². The number of benzene rings is 1. The van der Waals surface area contributed by atoms with Crippen molar-refractivity contribution in [3.05, 3.63) is 35.1 Å². The van der Waals surface area contributed by atoms with Crippen LogP contribution in [0, 0.1) is 11.7 Å². The fraction of sp³-hybridized carbons (Fsp3) is 0.538. The SMILES string of the molecule is CCCC1CC1(N)c1cc(F)ccc1C(F)(F)F. The minimum Gasteiger partial charge on any atom is -0.321 e. The van der Waals surface area contributed by atoms with Crippen molar-refractivity contribution in [3.8, 4) is 0 Å². The molecule has 1 fully saturated rings. The Bertz CT molecular complexity index is 455. The quantitative estimate of drug-likeness (QED) is 0.822. The predicted molar refractivity (Wildman–Crippen MR) is 60.3 cm³/mol. The zero-order valence-corrected chi connectivity index (χ0v) is 10.0. The van der Waals surface area contributed by atoms with E-state index in [2.05, 4.69) is 0 Å². The molecule has 5 heteroatoms. The van der Waals surface area contributed by atoms with Crippen molar-refractivity contribution in [2.75, 3.05) is 0 Å². The van der Waals surface area contributed by atoms with E-state index in [4.69, 9.17) is 5.73 Å². The third kappa shape index (κ3) is 2.23. The number of alkyl halides is 3. The third-order valence-electron chi connectivity index (χ3n) is 3.58. The minimum atomic E-state index is -4.49. The van der Waals surface area contributed by atoms with Gasteiger partial charge in [0.1, 0.15) is 5.82 Å². The Morgan fingerprint density at radius 3 is 2.61 bits per heavy atom. The number of hydrogen-bond donors (Lipinski definition) is 1. The van der Waals surface area contributed by atoms with Gasteiger partial charge in [0.15, 0.2) is 0 Å². The van der Waals surface area contributed by atoms with Crippen molar-refractivity contribution in [2.45, 2.75) is 37.9 Å². The molecule has 0 bridgehead atoms. The van der Waals surface area contributed by atoms with E-state index in [9.17, 15) is 17.6 Å². The van der Waals surface area contributed by atoms with Crippen molar-refractivity contribution in [1.29, 1.82) is 0 Å². The summed E-state index contributed by atoms with van der Waals surface area (Å²) in [7, 11) is 0. The maximum atomic E-state index is 13.2. The Morgan fingerprint density at radius 2 is 2.06 bits per heavy atom. The lowest BCUT2D eigenvalue weighted by molar-refractivity contribution is -0.138. The van der Waals surface area contributed by atoms with Crippen LogP contribution in [-0.2, 0) is 11.7 Å². The maximum absolute atomic E-state index is 13.2. The third-order valence-corrected chi connectivity index (χ3v) is 3.58. The topological polar surface area (TPSA) is 26.0 Å². The molecule has 2 atom stereocenters. The maximum Gasteiger partial charge on any atom is 0.416 e. The van der Waals surface area contributed by atoms with E-state index in [1.165, 1.54) is 0 Å². The van der Waals surface area contributed by atoms with Gasteiger partial charge in [0, 0.05) is 5.54 Å². The van der Waals surface area contributed by atoms with E-state index < -0.39 is 23.1 Å². The molecular formula is C13H15F4N. The molecular weight excluding hydrogens is 246 g/mol. The molecule has 1 aliphatic carbocycles. The van der Waals surface area contributed by atoms with Crippen molar-refractivity contribution in [2.24, 2.45) is 11.7 Å². The molecule has 1 aromatic carbocycles. The second kappa shape index (κ2) is 4.23. The average molecular weight is 261 g/mol. The molecule has 0 aromatic heterocycles. The zero-order valence-electron chi connectivity index (χ0n) is 10.0. The van der Waals surface area contributed by atoms with Gasteiger partial charge in [0.25, 0.3) is 0 Å².